The van der Waals surface area contributed by atoms with Crippen LogP contribution in [-0.2, 0) is 4.79 Å². The summed E-state index contributed by atoms with van der Waals surface area (Å²) in [7, 11) is 0. The highest BCUT2D eigenvalue weighted by Crippen LogP contribution is 2.42. The minimum Gasteiger partial charge on any atom is -0.321 e. The molecular weight excluding hydrogens is 306 g/mol. The molecule has 0 N–H and O–H groups in total. The predicted molar refractivity (Wildman–Crippen MR) is 73.7 cm³/mol. The molecule has 1 amide bonds. The molecule has 1 atom stereocenters. The number of carbonyl (C=O) groups is 1. The van der Waals surface area contributed by atoms with Crippen LogP contribution in [0.1, 0.15) is 17.2 Å². The van der Waals surface area contributed by atoms with E-state index in [-0.39, 0.29) is 11.3 Å². The fraction of sp³-hybridized carbons (Fsp3) is 0.364. The van der Waals surface area contributed by atoms with Gasteiger partial charge in [-0.2, -0.15) is 0 Å². The topological polar surface area (TPSA) is 20.3 Å². The third kappa shape index (κ3) is 2.52. The van der Waals surface area contributed by atoms with E-state index in [0.717, 1.165) is 9.36 Å². The standard InChI is InChI=1S/C11H12BrNOS2/c1-7(2)5-13-10(14)6-15-11(13)8-3-4-9(12)16-8/h3-4,11H,1,5-6H2,2H3. The molecule has 0 aliphatic carbocycles. The van der Waals surface area contributed by atoms with Crippen LogP contribution in [0.2, 0.25) is 0 Å². The summed E-state index contributed by atoms with van der Waals surface area (Å²) in [5, 5.41) is 0.167. The molecule has 1 aromatic rings. The molecule has 2 nitrogen and oxygen atoms in total. The van der Waals surface area contributed by atoms with Crippen LogP contribution in [0.4, 0.5) is 0 Å². The van der Waals surface area contributed by atoms with Gasteiger partial charge in [0.15, 0.2) is 0 Å². The average Bonchev–Trinajstić information content (AvgIpc) is 2.75. The van der Waals surface area contributed by atoms with Crippen LogP contribution >= 0.6 is 39.0 Å². The van der Waals surface area contributed by atoms with Gasteiger partial charge < -0.3 is 4.90 Å². The van der Waals surface area contributed by atoms with Crippen LogP contribution in [0.25, 0.3) is 0 Å². The van der Waals surface area contributed by atoms with Crippen molar-refractivity contribution < 1.29 is 4.79 Å². The van der Waals surface area contributed by atoms with E-state index in [1.165, 1.54) is 4.88 Å². The largest absolute Gasteiger partial charge is 0.321 e. The van der Waals surface area contributed by atoms with Gasteiger partial charge in [0.2, 0.25) is 5.91 Å². The predicted octanol–water partition coefficient (Wildman–Crippen LogP) is 3.66. The Kier molecular flexibility index (Phi) is 3.77. The van der Waals surface area contributed by atoms with Gasteiger partial charge in [0.1, 0.15) is 5.37 Å². The van der Waals surface area contributed by atoms with Crippen LogP contribution in [0.3, 0.4) is 0 Å². The van der Waals surface area contributed by atoms with Gasteiger partial charge in [-0.1, -0.05) is 12.2 Å². The number of thiophene rings is 1. The third-order valence-electron chi connectivity index (χ3n) is 2.25. The SMILES string of the molecule is C=C(C)CN1C(=O)CSC1c1ccc(Br)s1. The summed E-state index contributed by atoms with van der Waals surface area (Å²) in [6.45, 7) is 6.49. The molecule has 1 unspecified atom stereocenters. The second-order valence-corrected chi connectivity index (χ2v) is 7.35. The van der Waals surface area contributed by atoms with Gasteiger partial charge in [-0.15, -0.1) is 23.1 Å². The molecule has 0 aromatic carbocycles. The summed E-state index contributed by atoms with van der Waals surface area (Å²) in [6, 6.07) is 4.11. The Morgan fingerprint density at radius 3 is 3.00 bits per heavy atom. The van der Waals surface area contributed by atoms with E-state index in [4.69, 9.17) is 0 Å². The number of thioether (sulfide) groups is 1. The molecule has 2 heterocycles. The van der Waals surface area contributed by atoms with Crippen LogP contribution in [0.5, 0.6) is 0 Å². The number of hydrogen-bond donors (Lipinski definition) is 0. The molecule has 86 valence electrons. The Hall–Kier alpha value is -0.260. The lowest BCUT2D eigenvalue weighted by atomic mass is 10.3. The molecule has 1 fully saturated rings. The Bertz CT molecular complexity index is 429. The van der Waals surface area contributed by atoms with E-state index >= 15 is 0 Å². The van der Waals surface area contributed by atoms with Crippen molar-refractivity contribution in [3.8, 4) is 0 Å². The molecule has 1 aliphatic rings. The summed E-state index contributed by atoms with van der Waals surface area (Å²) in [6.07, 6.45) is 0. The maximum absolute atomic E-state index is 11.8. The van der Waals surface area contributed by atoms with Crippen molar-refractivity contribution in [1.82, 2.24) is 4.90 Å². The van der Waals surface area contributed by atoms with E-state index in [1.54, 1.807) is 23.1 Å². The first-order valence-corrected chi connectivity index (χ1v) is 7.54. The van der Waals surface area contributed by atoms with Gasteiger partial charge in [0.05, 0.1) is 9.54 Å². The fourth-order valence-corrected chi connectivity index (χ4v) is 4.46. The van der Waals surface area contributed by atoms with Crippen LogP contribution in [0, 0.1) is 0 Å². The van der Waals surface area contributed by atoms with Crippen molar-refractivity contribution in [1.29, 1.82) is 0 Å². The summed E-state index contributed by atoms with van der Waals surface area (Å²) in [4.78, 5) is 14.9. The Labute approximate surface area is 112 Å². The van der Waals surface area contributed by atoms with Gasteiger partial charge in [-0.25, -0.2) is 0 Å². The number of halogens is 1. The first-order chi connectivity index (χ1) is 7.58. The highest BCUT2D eigenvalue weighted by atomic mass is 79.9. The maximum Gasteiger partial charge on any atom is 0.234 e. The van der Waals surface area contributed by atoms with Gasteiger partial charge in [0.25, 0.3) is 0 Å². The van der Waals surface area contributed by atoms with Crippen molar-refractivity contribution in [2.75, 3.05) is 12.3 Å². The molecule has 1 saturated heterocycles. The Balaban J connectivity index is 2.20. The molecule has 0 radical (unpaired) electrons. The molecule has 2 rings (SSSR count). The van der Waals surface area contributed by atoms with Crippen molar-refractivity contribution >= 4 is 44.9 Å². The average molecular weight is 318 g/mol. The van der Waals surface area contributed by atoms with Crippen molar-refractivity contribution in [2.24, 2.45) is 0 Å². The monoisotopic (exact) mass is 317 g/mol. The number of amides is 1. The molecule has 0 saturated carbocycles. The van der Waals surface area contributed by atoms with Crippen LogP contribution < -0.4 is 0 Å². The van der Waals surface area contributed by atoms with Gasteiger partial charge >= 0.3 is 0 Å². The van der Waals surface area contributed by atoms with E-state index in [1.807, 2.05) is 17.9 Å². The third-order valence-corrected chi connectivity index (χ3v) is 5.31. The van der Waals surface area contributed by atoms with Crippen LogP contribution in [0.15, 0.2) is 28.1 Å². The van der Waals surface area contributed by atoms with E-state index < -0.39 is 0 Å². The Morgan fingerprint density at radius 2 is 2.44 bits per heavy atom. The lowest BCUT2D eigenvalue weighted by Crippen LogP contribution is -2.29. The molecule has 5 heteroatoms. The van der Waals surface area contributed by atoms with Gasteiger partial charge in [-0.05, 0) is 35.0 Å². The lowest BCUT2D eigenvalue weighted by Gasteiger charge is -2.22. The Morgan fingerprint density at radius 1 is 1.69 bits per heavy atom. The molecule has 0 bridgehead atoms. The van der Waals surface area contributed by atoms with E-state index in [0.29, 0.717) is 12.3 Å². The normalized spacial score (nSPS) is 20.5. The molecule has 1 aromatic heterocycles. The molecule has 1 aliphatic heterocycles. The zero-order valence-electron chi connectivity index (χ0n) is 8.90. The second-order valence-electron chi connectivity index (χ2n) is 3.78. The number of nitrogens with zero attached hydrogens (tertiary/aromatic N) is 1. The van der Waals surface area contributed by atoms with E-state index in [9.17, 15) is 4.79 Å². The quantitative estimate of drug-likeness (QED) is 0.793. The van der Waals surface area contributed by atoms with Crippen LogP contribution in [-0.4, -0.2) is 23.1 Å². The number of carbonyl (C=O) groups excluding carboxylic acids is 1. The molecule has 0 spiro atoms. The first kappa shape index (κ1) is 12.2. The smallest absolute Gasteiger partial charge is 0.234 e. The van der Waals surface area contributed by atoms with Gasteiger partial charge in [-0.3, -0.25) is 4.79 Å². The first-order valence-electron chi connectivity index (χ1n) is 4.88. The molecule has 16 heavy (non-hydrogen) atoms. The summed E-state index contributed by atoms with van der Waals surface area (Å²) >= 11 is 6.84. The zero-order chi connectivity index (χ0) is 11.7. The van der Waals surface area contributed by atoms with Crippen molar-refractivity contribution in [3.63, 3.8) is 0 Å². The zero-order valence-corrected chi connectivity index (χ0v) is 12.1. The highest BCUT2D eigenvalue weighted by Gasteiger charge is 2.33. The van der Waals surface area contributed by atoms with Crippen molar-refractivity contribution in [3.05, 3.63) is 32.9 Å². The maximum atomic E-state index is 11.8. The minimum atomic E-state index is 0.167. The summed E-state index contributed by atoms with van der Waals surface area (Å²) in [5.41, 5.74) is 1.02. The fourth-order valence-electron chi connectivity index (χ4n) is 1.61. The molecular formula is C11H12BrNOS2. The second kappa shape index (κ2) is 4.94. The minimum absolute atomic E-state index is 0.167. The highest BCUT2D eigenvalue weighted by molar-refractivity contribution is 9.11. The van der Waals surface area contributed by atoms with E-state index in [2.05, 4.69) is 28.6 Å². The number of hydrogen-bond acceptors (Lipinski definition) is 3. The number of rotatable bonds is 3. The van der Waals surface area contributed by atoms with Gasteiger partial charge in [0, 0.05) is 11.4 Å². The summed E-state index contributed by atoms with van der Waals surface area (Å²) < 4.78 is 1.11. The summed E-state index contributed by atoms with van der Waals surface area (Å²) in [5.74, 6) is 0.788. The van der Waals surface area contributed by atoms with Crippen molar-refractivity contribution in [2.45, 2.75) is 12.3 Å². The lowest BCUT2D eigenvalue weighted by molar-refractivity contribution is -0.127.